The van der Waals surface area contributed by atoms with Crippen molar-refractivity contribution in [2.45, 2.75) is 79.7 Å². The lowest BCUT2D eigenvalue weighted by Gasteiger charge is -2.60. The van der Waals surface area contributed by atoms with Crippen LogP contribution in [0.15, 0.2) is 47.5 Å². The summed E-state index contributed by atoms with van der Waals surface area (Å²) in [6.07, 6.45) is -9.51. The number of carboxylic acid groups (broad SMARTS) is 1. The van der Waals surface area contributed by atoms with Crippen molar-refractivity contribution in [2.24, 2.45) is 22.4 Å². The Bertz CT molecular complexity index is 2250. The van der Waals surface area contributed by atoms with Crippen LogP contribution in [0.2, 0.25) is 0 Å². The molecule has 0 spiro atoms. The first kappa shape index (κ1) is 35.7. The van der Waals surface area contributed by atoms with Gasteiger partial charge < -0.3 is 65.1 Å². The summed E-state index contributed by atoms with van der Waals surface area (Å²) in [5, 5.41) is 47.5. The predicted molar refractivity (Wildman–Crippen MR) is 188 cm³/mol. The number of benzene rings is 3. The number of hydrogen-bond acceptors (Lipinski definition) is 15. The van der Waals surface area contributed by atoms with E-state index in [0.29, 0.717) is 40.9 Å². The molecule has 16 nitrogen and oxygen atoms in total. The largest absolute Gasteiger partial charge is 0.493 e. The first-order chi connectivity index (χ1) is 26.4. The SMILES string of the molecule is COc1ccc2c(c1OC)O[C@H]1c3c(cc4c(c3C3=c5ccccc5=NC3)C[C@H]3CC[C@@]5(O)[C@@H]([C@H](OC(=O)CC(=O)O)C(N)N)O[C@@H](O4)[C@]3(O)[C@H]5O)OC[C@@H]21. The Hall–Kier alpha value is -4.97. The summed E-state index contributed by atoms with van der Waals surface area (Å²) >= 11 is 0. The van der Waals surface area contributed by atoms with Crippen molar-refractivity contribution in [3.63, 3.8) is 0 Å². The second-order valence-corrected chi connectivity index (χ2v) is 15.0. The minimum atomic E-state index is -2.22. The van der Waals surface area contributed by atoms with Gasteiger partial charge in [0.15, 0.2) is 23.2 Å². The molecule has 0 radical (unpaired) electrons. The van der Waals surface area contributed by atoms with Crippen molar-refractivity contribution >= 4 is 17.5 Å². The van der Waals surface area contributed by atoms with Gasteiger partial charge in [0.25, 0.3) is 0 Å². The monoisotopic (exact) mass is 759 g/mol. The van der Waals surface area contributed by atoms with Gasteiger partial charge in [-0.2, -0.15) is 0 Å². The van der Waals surface area contributed by atoms with Crippen LogP contribution in [0.25, 0.3) is 5.57 Å². The fraction of sp³-hybridized carbons (Fsp3) is 0.462. The molecule has 8 N–H and O–H groups in total. The number of carboxylic acids is 1. The van der Waals surface area contributed by atoms with Crippen molar-refractivity contribution in [3.05, 3.63) is 75.3 Å². The molecule has 9 atom stereocenters. The third-order valence-electron chi connectivity index (χ3n) is 12.1. The summed E-state index contributed by atoms with van der Waals surface area (Å²) in [7, 11) is 3.12. The highest BCUT2D eigenvalue weighted by Crippen LogP contribution is 2.60. The summed E-state index contributed by atoms with van der Waals surface area (Å²) in [6.45, 7) is 0.591. The van der Waals surface area contributed by atoms with Gasteiger partial charge >= 0.3 is 11.9 Å². The molecule has 2 fully saturated rings. The van der Waals surface area contributed by atoms with Crippen molar-refractivity contribution in [2.75, 3.05) is 27.4 Å². The Labute approximate surface area is 313 Å². The third-order valence-corrected chi connectivity index (χ3v) is 12.1. The number of carbonyl (C=O) groups excluding carboxylic acids is 1. The zero-order valence-electron chi connectivity index (χ0n) is 30.0. The van der Waals surface area contributed by atoms with E-state index in [-0.39, 0.29) is 31.8 Å². The van der Waals surface area contributed by atoms with Gasteiger partial charge in [0.2, 0.25) is 12.0 Å². The lowest BCUT2D eigenvalue weighted by Crippen LogP contribution is -2.80. The molecule has 16 heteroatoms. The molecule has 9 rings (SSSR count). The second kappa shape index (κ2) is 12.8. The molecular weight excluding hydrogens is 718 g/mol. The number of hydrogen-bond donors (Lipinski definition) is 6. The summed E-state index contributed by atoms with van der Waals surface area (Å²) in [6, 6.07) is 13.3. The number of nitrogens with zero attached hydrogens (tertiary/aromatic N) is 1. The Morgan fingerprint density at radius 1 is 1.07 bits per heavy atom. The molecule has 1 saturated carbocycles. The van der Waals surface area contributed by atoms with Crippen LogP contribution in [0.1, 0.15) is 53.5 Å². The minimum Gasteiger partial charge on any atom is -0.493 e. The highest BCUT2D eigenvalue weighted by atomic mass is 16.7. The average Bonchev–Trinajstić information content (AvgIpc) is 3.72. The molecule has 6 aliphatic rings. The number of aliphatic hydroxyl groups excluding tert-OH is 1. The molecule has 3 aromatic carbocycles. The molecule has 290 valence electrons. The zero-order chi connectivity index (χ0) is 38.6. The van der Waals surface area contributed by atoms with E-state index in [4.69, 9.17) is 54.7 Å². The molecule has 1 aliphatic carbocycles. The molecule has 0 unspecified atom stereocenters. The van der Waals surface area contributed by atoms with Crippen LogP contribution in [-0.2, 0) is 25.5 Å². The standard InChI is InChI=1S/C39H41N3O13/c1-49-23-8-7-18-21-15-51-25-12-24-19(28(20-14-42-22-6-4-3-5-17(20)22)29(25)30(21)54-31(18)32(23)50-2)11-16-9-10-38(47)34(55-37(52-24)39(16,48)36(38)46)33(35(40)41)53-27(45)13-26(43)44/h3-8,12,16,21,30,33-37,46-48H,9-11,13-15,40-41H2,1-2H3,(H,43,44)/t16-,21+,30-,33+,34-,36+,37-,38-,39-/m1/s1. The van der Waals surface area contributed by atoms with Crippen molar-refractivity contribution in [1.29, 1.82) is 0 Å². The van der Waals surface area contributed by atoms with Gasteiger partial charge in [0.1, 0.15) is 41.8 Å². The lowest BCUT2D eigenvalue weighted by molar-refractivity contribution is -0.384. The third kappa shape index (κ3) is 5.16. The molecular formula is C39H41N3O13. The predicted octanol–water partition coefficient (Wildman–Crippen LogP) is -0.331. The Morgan fingerprint density at radius 2 is 1.87 bits per heavy atom. The number of esters is 1. The first-order valence-corrected chi connectivity index (χ1v) is 18.1. The van der Waals surface area contributed by atoms with E-state index in [9.17, 15) is 24.9 Å². The van der Waals surface area contributed by atoms with Gasteiger partial charge in [-0.05, 0) is 42.5 Å². The number of rotatable bonds is 8. The Morgan fingerprint density at radius 3 is 2.62 bits per heavy atom. The molecule has 1 saturated heterocycles. The second-order valence-electron chi connectivity index (χ2n) is 15.0. The molecule has 5 aliphatic heterocycles. The fourth-order valence-corrected chi connectivity index (χ4v) is 9.54. The van der Waals surface area contributed by atoms with Crippen LogP contribution in [0, 0.1) is 5.92 Å². The van der Waals surface area contributed by atoms with Gasteiger partial charge in [-0.15, -0.1) is 0 Å². The highest BCUT2D eigenvalue weighted by molar-refractivity contribution is 5.90. The zero-order valence-corrected chi connectivity index (χ0v) is 30.0. The maximum atomic E-state index is 12.5. The number of ether oxygens (including phenoxy) is 7. The van der Waals surface area contributed by atoms with E-state index >= 15 is 0 Å². The Balaban J connectivity index is 1.20. The highest BCUT2D eigenvalue weighted by Gasteiger charge is 2.71. The van der Waals surface area contributed by atoms with E-state index in [1.165, 1.54) is 0 Å². The van der Waals surface area contributed by atoms with Crippen LogP contribution in [0.5, 0.6) is 28.7 Å². The fourth-order valence-electron chi connectivity index (χ4n) is 9.54. The summed E-state index contributed by atoms with van der Waals surface area (Å²) in [4.78, 5) is 28.6. The van der Waals surface area contributed by atoms with Crippen LogP contribution in [0.4, 0.5) is 0 Å². The summed E-state index contributed by atoms with van der Waals surface area (Å²) in [5.41, 5.74) is 11.7. The molecule has 55 heavy (non-hydrogen) atoms. The van der Waals surface area contributed by atoms with Crippen LogP contribution in [0.3, 0.4) is 0 Å². The van der Waals surface area contributed by atoms with Crippen LogP contribution in [-0.4, -0.2) is 102 Å². The van der Waals surface area contributed by atoms with E-state index in [1.54, 1.807) is 20.3 Å². The smallest absolute Gasteiger partial charge is 0.317 e. The van der Waals surface area contributed by atoms with Gasteiger partial charge in [-0.25, -0.2) is 0 Å². The summed E-state index contributed by atoms with van der Waals surface area (Å²) in [5.74, 6) is -1.26. The maximum Gasteiger partial charge on any atom is 0.317 e. The molecule has 0 amide bonds. The van der Waals surface area contributed by atoms with E-state index in [0.717, 1.165) is 32.8 Å². The van der Waals surface area contributed by atoms with Gasteiger partial charge in [-0.1, -0.05) is 24.3 Å². The Kier molecular flexibility index (Phi) is 8.31. The molecule has 0 aromatic heterocycles. The first-order valence-electron chi connectivity index (χ1n) is 18.1. The number of aliphatic carboxylic acids is 1. The van der Waals surface area contributed by atoms with Gasteiger partial charge in [0, 0.05) is 33.9 Å². The number of aliphatic hydroxyl groups is 3. The quantitative estimate of drug-likeness (QED) is 0.0979. The number of nitrogens with two attached hydrogens (primary N) is 2. The summed E-state index contributed by atoms with van der Waals surface area (Å²) < 4.78 is 43.0. The van der Waals surface area contributed by atoms with Crippen molar-refractivity contribution in [1.82, 2.24) is 0 Å². The van der Waals surface area contributed by atoms with Gasteiger partial charge in [0.05, 0.1) is 44.8 Å². The van der Waals surface area contributed by atoms with Crippen molar-refractivity contribution < 1.29 is 63.2 Å². The number of carbonyl (C=O) groups is 2. The van der Waals surface area contributed by atoms with Crippen molar-refractivity contribution in [3.8, 4) is 28.7 Å². The van der Waals surface area contributed by atoms with E-state index in [2.05, 4.69) is 0 Å². The van der Waals surface area contributed by atoms with Gasteiger partial charge in [-0.3, -0.25) is 14.6 Å². The lowest BCUT2D eigenvalue weighted by atomic mass is 9.60. The molecule has 2 bridgehead atoms. The number of para-hydroxylation sites is 1. The molecule has 5 heterocycles. The van der Waals surface area contributed by atoms with Crippen LogP contribution >= 0.6 is 0 Å². The minimum absolute atomic E-state index is 0.115. The van der Waals surface area contributed by atoms with E-state index < -0.39 is 72.4 Å². The molecule has 3 aromatic rings. The van der Waals surface area contributed by atoms with Crippen LogP contribution < -0.4 is 45.7 Å². The normalized spacial score (nSPS) is 31.1. The topological polar surface area (TPSA) is 244 Å². The number of methoxy groups -OCH3 is 2. The average molecular weight is 760 g/mol. The van der Waals surface area contributed by atoms with E-state index in [1.807, 2.05) is 36.4 Å². The number of fused-ring (bicyclic) bond motifs is 8. The maximum absolute atomic E-state index is 12.5.